The molecule has 0 aliphatic heterocycles. The normalized spacial score (nSPS) is 14.6. The van der Waals surface area contributed by atoms with Gasteiger partial charge in [0.2, 0.25) is 0 Å². The molecule has 2 heterocycles. The second-order valence-corrected chi connectivity index (χ2v) is 8.97. The summed E-state index contributed by atoms with van der Waals surface area (Å²) in [5.74, 6) is 0.800. The molecule has 0 spiro atoms. The number of hydrogen-bond acceptors (Lipinski definition) is 3. The molecule has 3 aromatic carbocycles. The van der Waals surface area contributed by atoms with Crippen molar-refractivity contribution in [1.82, 2.24) is 9.78 Å². The van der Waals surface area contributed by atoms with Crippen LogP contribution in [0.2, 0.25) is 0 Å². The van der Waals surface area contributed by atoms with Gasteiger partial charge in [-0.3, -0.25) is 4.79 Å². The molecule has 0 amide bonds. The molecule has 34 heavy (non-hydrogen) atoms. The Morgan fingerprint density at radius 3 is 2.56 bits per heavy atom. The smallest absolute Gasteiger partial charge is 0.189 e. The molecule has 0 fully saturated rings. The van der Waals surface area contributed by atoms with E-state index in [0.29, 0.717) is 12.2 Å². The molecule has 5 aromatic rings. The van der Waals surface area contributed by atoms with E-state index < -0.39 is 0 Å². The zero-order valence-electron chi connectivity index (χ0n) is 19.2. The first-order chi connectivity index (χ1) is 16.6. The van der Waals surface area contributed by atoms with E-state index in [2.05, 4.69) is 13.0 Å². The summed E-state index contributed by atoms with van der Waals surface area (Å²) in [6.07, 6.45) is 5.56. The fraction of sp³-hybridized carbons (Fsp3) is 0.133. The van der Waals surface area contributed by atoms with Crippen LogP contribution < -0.4 is 0 Å². The second kappa shape index (κ2) is 7.99. The number of Topliss-reactive ketones (excluding diaryl/α,β-unsaturated/α-hetero) is 1. The van der Waals surface area contributed by atoms with Crippen molar-refractivity contribution in [3.8, 4) is 17.1 Å². The first-order valence-corrected chi connectivity index (χ1v) is 11.6. The number of nitrogens with zero attached hydrogens (tertiary/aromatic N) is 2. The van der Waals surface area contributed by atoms with Crippen LogP contribution in [0.4, 0.5) is 0 Å². The Morgan fingerprint density at radius 1 is 0.941 bits per heavy atom. The van der Waals surface area contributed by atoms with Crippen LogP contribution in [0, 0.1) is 13.8 Å². The van der Waals surface area contributed by atoms with Gasteiger partial charge in [0.1, 0.15) is 11.3 Å². The van der Waals surface area contributed by atoms with Gasteiger partial charge in [0.25, 0.3) is 0 Å². The van der Waals surface area contributed by atoms with Gasteiger partial charge in [0.05, 0.1) is 5.69 Å². The molecule has 6 rings (SSSR count). The number of rotatable bonds is 3. The van der Waals surface area contributed by atoms with Crippen molar-refractivity contribution in [2.24, 2.45) is 0 Å². The molecule has 4 nitrogen and oxygen atoms in total. The minimum atomic E-state index is 0.107. The Kier molecular flexibility index (Phi) is 4.80. The first kappa shape index (κ1) is 20.4. The highest BCUT2D eigenvalue weighted by atomic mass is 16.3. The third kappa shape index (κ3) is 3.48. The fourth-order valence-electron chi connectivity index (χ4n) is 4.90. The zero-order valence-corrected chi connectivity index (χ0v) is 19.2. The zero-order chi connectivity index (χ0) is 23.2. The van der Waals surface area contributed by atoms with Gasteiger partial charge in [-0.2, -0.15) is 5.10 Å². The van der Waals surface area contributed by atoms with Gasteiger partial charge in [-0.15, -0.1) is 0 Å². The number of hydrogen-bond donors (Lipinski definition) is 0. The van der Waals surface area contributed by atoms with Crippen molar-refractivity contribution in [3.05, 3.63) is 112 Å². The predicted octanol–water partition coefficient (Wildman–Crippen LogP) is 7.11. The summed E-state index contributed by atoms with van der Waals surface area (Å²) >= 11 is 0. The van der Waals surface area contributed by atoms with E-state index in [-0.39, 0.29) is 5.78 Å². The minimum Gasteiger partial charge on any atom is -0.454 e. The topological polar surface area (TPSA) is 48.0 Å². The molecular formula is C30H24N2O2. The molecule has 166 valence electrons. The fourth-order valence-corrected chi connectivity index (χ4v) is 4.90. The maximum Gasteiger partial charge on any atom is 0.189 e. The van der Waals surface area contributed by atoms with Crippen molar-refractivity contribution in [1.29, 1.82) is 0 Å². The largest absolute Gasteiger partial charge is 0.454 e. The number of carbonyl (C=O) groups excluding carboxylic acids is 1. The Bertz CT molecular complexity index is 1550. The third-order valence-corrected chi connectivity index (χ3v) is 6.55. The highest BCUT2D eigenvalue weighted by molar-refractivity contribution is 6.13. The monoisotopic (exact) mass is 444 g/mol. The molecule has 4 heteroatoms. The van der Waals surface area contributed by atoms with Gasteiger partial charge in [0, 0.05) is 28.3 Å². The molecule has 0 saturated heterocycles. The van der Waals surface area contributed by atoms with Crippen molar-refractivity contribution in [2.75, 3.05) is 0 Å². The van der Waals surface area contributed by atoms with Gasteiger partial charge >= 0.3 is 0 Å². The van der Waals surface area contributed by atoms with Crippen molar-refractivity contribution in [3.63, 3.8) is 0 Å². The predicted molar refractivity (Wildman–Crippen MR) is 135 cm³/mol. The van der Waals surface area contributed by atoms with Crippen LogP contribution in [0.25, 0.3) is 34.2 Å². The molecule has 0 saturated carbocycles. The van der Waals surface area contributed by atoms with E-state index in [0.717, 1.165) is 51.0 Å². The van der Waals surface area contributed by atoms with Crippen LogP contribution in [-0.2, 0) is 6.42 Å². The SMILES string of the molecule is Cc1cc(C)c2c(c1)C(=O)C(=Cc1cn(-c3ccccc3)nc1-c1cc3ccccc3o1)CC2. The Morgan fingerprint density at radius 2 is 1.74 bits per heavy atom. The van der Waals surface area contributed by atoms with Crippen LogP contribution in [-0.4, -0.2) is 15.6 Å². The number of para-hydroxylation sites is 2. The van der Waals surface area contributed by atoms with E-state index in [1.165, 1.54) is 11.1 Å². The van der Waals surface area contributed by atoms with Gasteiger partial charge in [-0.1, -0.05) is 48.0 Å². The standard InChI is InChI=1S/C30H24N2O2/c1-19-14-20(2)25-13-12-22(30(33)26(25)15-19)16-23-18-32(24-9-4-3-5-10-24)31-29(23)28-17-21-8-6-7-11-27(21)34-28/h3-11,14-18H,12-13H2,1-2H3. The first-order valence-electron chi connectivity index (χ1n) is 11.6. The van der Waals surface area contributed by atoms with E-state index in [9.17, 15) is 4.79 Å². The van der Waals surface area contributed by atoms with Crippen LogP contribution in [0.1, 0.15) is 39.0 Å². The van der Waals surface area contributed by atoms with Gasteiger partial charge < -0.3 is 4.42 Å². The minimum absolute atomic E-state index is 0.107. The Balaban J connectivity index is 1.49. The van der Waals surface area contributed by atoms with Crippen LogP contribution in [0.5, 0.6) is 0 Å². The van der Waals surface area contributed by atoms with Gasteiger partial charge in [0.15, 0.2) is 11.5 Å². The van der Waals surface area contributed by atoms with Gasteiger partial charge in [-0.05, 0) is 74.2 Å². The number of aromatic nitrogens is 2. The molecular weight excluding hydrogens is 420 g/mol. The summed E-state index contributed by atoms with van der Waals surface area (Å²) in [5.41, 5.74) is 8.50. The second-order valence-electron chi connectivity index (χ2n) is 8.97. The summed E-state index contributed by atoms with van der Waals surface area (Å²) in [4.78, 5) is 13.5. The van der Waals surface area contributed by atoms with Crippen molar-refractivity contribution < 1.29 is 9.21 Å². The number of allylic oxidation sites excluding steroid dienone is 1. The summed E-state index contributed by atoms with van der Waals surface area (Å²) < 4.78 is 8.01. The van der Waals surface area contributed by atoms with Crippen LogP contribution in [0.15, 0.2) is 89.0 Å². The average Bonchev–Trinajstić information content (AvgIpc) is 3.46. The third-order valence-electron chi connectivity index (χ3n) is 6.55. The lowest BCUT2D eigenvalue weighted by Gasteiger charge is -2.20. The molecule has 0 unspecified atom stereocenters. The molecule has 1 aliphatic rings. The molecule has 1 aliphatic carbocycles. The summed E-state index contributed by atoms with van der Waals surface area (Å²) in [6, 6.07) is 24.1. The molecule has 0 N–H and O–H groups in total. The Hall–Kier alpha value is -4.18. The van der Waals surface area contributed by atoms with E-state index in [4.69, 9.17) is 9.52 Å². The van der Waals surface area contributed by atoms with Crippen LogP contribution in [0.3, 0.4) is 0 Å². The quantitative estimate of drug-likeness (QED) is 0.279. The number of ketones is 1. The molecule has 0 atom stereocenters. The van der Waals surface area contributed by atoms with Crippen LogP contribution >= 0.6 is 0 Å². The number of aryl methyl sites for hydroxylation is 2. The molecule has 2 aromatic heterocycles. The lowest BCUT2D eigenvalue weighted by atomic mass is 9.83. The lowest BCUT2D eigenvalue weighted by Crippen LogP contribution is -2.15. The van der Waals surface area contributed by atoms with E-state index >= 15 is 0 Å². The highest BCUT2D eigenvalue weighted by Gasteiger charge is 2.25. The number of carbonyl (C=O) groups is 1. The number of fused-ring (bicyclic) bond motifs is 2. The van der Waals surface area contributed by atoms with E-state index in [1.807, 2.05) is 90.6 Å². The number of furan rings is 1. The van der Waals surface area contributed by atoms with Gasteiger partial charge in [-0.25, -0.2) is 4.68 Å². The maximum atomic E-state index is 13.5. The summed E-state index contributed by atoms with van der Waals surface area (Å²) in [6.45, 7) is 4.14. The van der Waals surface area contributed by atoms with Crippen molar-refractivity contribution >= 4 is 22.8 Å². The lowest BCUT2D eigenvalue weighted by molar-refractivity contribution is 0.102. The Labute approximate surface area is 198 Å². The molecule has 0 radical (unpaired) electrons. The maximum absolute atomic E-state index is 13.5. The average molecular weight is 445 g/mol. The molecule has 0 bridgehead atoms. The number of benzene rings is 3. The van der Waals surface area contributed by atoms with Crippen molar-refractivity contribution in [2.45, 2.75) is 26.7 Å². The van der Waals surface area contributed by atoms with E-state index in [1.54, 1.807) is 0 Å². The summed E-state index contributed by atoms with van der Waals surface area (Å²) in [7, 11) is 0. The summed E-state index contributed by atoms with van der Waals surface area (Å²) in [5, 5.41) is 5.90. The highest BCUT2D eigenvalue weighted by Crippen LogP contribution is 2.34.